The highest BCUT2D eigenvalue weighted by Crippen LogP contribution is 2.23. The molecule has 0 radical (unpaired) electrons. The van der Waals surface area contributed by atoms with Crippen molar-refractivity contribution >= 4 is 5.78 Å². The minimum Gasteiger partial charge on any atom is -0.292 e. The number of aryl methyl sites for hydroxylation is 2. The predicted molar refractivity (Wildman–Crippen MR) is 75.0 cm³/mol. The maximum Gasteiger partial charge on any atom is 0.187 e. The third kappa shape index (κ3) is 2.75. The summed E-state index contributed by atoms with van der Waals surface area (Å²) in [5, 5.41) is 9.27. The van der Waals surface area contributed by atoms with Gasteiger partial charge < -0.3 is 0 Å². The van der Waals surface area contributed by atoms with Crippen LogP contribution in [0.15, 0.2) is 42.5 Å². The molecule has 1 atom stereocenters. The zero-order valence-electron chi connectivity index (χ0n) is 11.4. The number of carbonyl (C=O) groups excluding carboxylic acids is 1. The van der Waals surface area contributed by atoms with Crippen LogP contribution in [-0.2, 0) is 0 Å². The molecule has 0 spiro atoms. The molecule has 0 amide bonds. The fourth-order valence-electron chi connectivity index (χ4n) is 2.12. The van der Waals surface area contributed by atoms with E-state index in [9.17, 15) is 14.4 Å². The Hall–Kier alpha value is -2.47. The van der Waals surface area contributed by atoms with Gasteiger partial charge in [0.25, 0.3) is 0 Å². The molecule has 3 heteroatoms. The van der Waals surface area contributed by atoms with Gasteiger partial charge in [0.15, 0.2) is 5.78 Å². The van der Waals surface area contributed by atoms with Gasteiger partial charge in [-0.05, 0) is 31.5 Å². The zero-order chi connectivity index (χ0) is 14.7. The molecule has 0 saturated heterocycles. The molecule has 2 aromatic rings. The van der Waals surface area contributed by atoms with Crippen LogP contribution in [0.1, 0.15) is 33.0 Å². The molecule has 2 aromatic carbocycles. The van der Waals surface area contributed by atoms with E-state index in [0.717, 1.165) is 11.1 Å². The van der Waals surface area contributed by atoms with Gasteiger partial charge >= 0.3 is 0 Å². The van der Waals surface area contributed by atoms with Crippen LogP contribution in [0.4, 0.5) is 4.39 Å². The lowest BCUT2D eigenvalue weighted by Gasteiger charge is -2.10. The quantitative estimate of drug-likeness (QED) is 0.790. The van der Waals surface area contributed by atoms with Crippen molar-refractivity contribution in [2.24, 2.45) is 0 Å². The smallest absolute Gasteiger partial charge is 0.187 e. The molecule has 0 heterocycles. The van der Waals surface area contributed by atoms with E-state index >= 15 is 0 Å². The molecule has 1 unspecified atom stereocenters. The van der Waals surface area contributed by atoms with Crippen LogP contribution in [-0.4, -0.2) is 5.78 Å². The molecule has 0 aromatic heterocycles. The Balaban J connectivity index is 2.45. The van der Waals surface area contributed by atoms with Crippen LogP contribution in [0.5, 0.6) is 0 Å². The van der Waals surface area contributed by atoms with Crippen LogP contribution in [0.3, 0.4) is 0 Å². The molecule has 2 rings (SSSR count). The van der Waals surface area contributed by atoms with Crippen molar-refractivity contribution in [2.45, 2.75) is 19.8 Å². The number of Topliss-reactive ketones (excluding diaryl/α,β-unsaturated/α-hetero) is 1. The second-order valence-electron chi connectivity index (χ2n) is 4.82. The lowest BCUT2D eigenvalue weighted by molar-refractivity contribution is 0.0975. The van der Waals surface area contributed by atoms with Crippen molar-refractivity contribution in [2.75, 3.05) is 0 Å². The molecule has 0 aliphatic heterocycles. The molecule has 0 bridgehead atoms. The first kappa shape index (κ1) is 14.0. The van der Waals surface area contributed by atoms with Gasteiger partial charge in [0, 0.05) is 0 Å². The monoisotopic (exact) mass is 267 g/mol. The van der Waals surface area contributed by atoms with E-state index < -0.39 is 17.5 Å². The van der Waals surface area contributed by atoms with Crippen molar-refractivity contribution in [1.82, 2.24) is 0 Å². The lowest BCUT2D eigenvalue weighted by Crippen LogP contribution is -2.13. The van der Waals surface area contributed by atoms with Gasteiger partial charge in [0.1, 0.15) is 11.7 Å². The Kier molecular flexibility index (Phi) is 3.95. The summed E-state index contributed by atoms with van der Waals surface area (Å²) >= 11 is 0. The summed E-state index contributed by atoms with van der Waals surface area (Å²) in [6.45, 7) is 3.67. The maximum atomic E-state index is 13.8. The van der Waals surface area contributed by atoms with Crippen LogP contribution in [0.25, 0.3) is 0 Å². The number of hydrogen-bond donors (Lipinski definition) is 0. The first-order valence-corrected chi connectivity index (χ1v) is 6.29. The molecule has 2 nitrogen and oxygen atoms in total. The maximum absolute atomic E-state index is 13.8. The van der Waals surface area contributed by atoms with Gasteiger partial charge in [-0.25, -0.2) is 4.39 Å². The average molecular weight is 267 g/mol. The largest absolute Gasteiger partial charge is 0.292 e. The zero-order valence-corrected chi connectivity index (χ0v) is 11.4. The standard InChI is InChI=1S/C17H14FNO/c1-11-4-3-5-13(8-11)15(10-19)17(20)14-9-12(2)6-7-16(14)18/h3-9,15H,1-2H3. The number of rotatable bonds is 3. The van der Waals surface area contributed by atoms with Gasteiger partial charge in [-0.1, -0.05) is 41.5 Å². The summed E-state index contributed by atoms with van der Waals surface area (Å²) in [6, 6.07) is 13.5. The molecule has 20 heavy (non-hydrogen) atoms. The van der Waals surface area contributed by atoms with Gasteiger partial charge in [-0.3, -0.25) is 4.79 Å². The summed E-state index contributed by atoms with van der Waals surface area (Å²) in [5.74, 6) is -2.07. The highest BCUT2D eigenvalue weighted by molar-refractivity contribution is 6.03. The summed E-state index contributed by atoms with van der Waals surface area (Å²) in [6.07, 6.45) is 0. The molecule has 100 valence electrons. The van der Waals surface area contributed by atoms with E-state index in [1.165, 1.54) is 12.1 Å². The Bertz CT molecular complexity index is 700. The van der Waals surface area contributed by atoms with Crippen LogP contribution < -0.4 is 0 Å². The van der Waals surface area contributed by atoms with Crippen LogP contribution in [0.2, 0.25) is 0 Å². The molecule has 0 N–H and O–H groups in total. The van der Waals surface area contributed by atoms with Crippen molar-refractivity contribution in [3.05, 3.63) is 70.5 Å². The number of benzene rings is 2. The molecule has 0 aliphatic carbocycles. The lowest BCUT2D eigenvalue weighted by atomic mass is 9.90. The number of nitriles is 1. The van der Waals surface area contributed by atoms with Crippen molar-refractivity contribution in [3.8, 4) is 6.07 Å². The normalized spacial score (nSPS) is 11.7. The third-order valence-corrected chi connectivity index (χ3v) is 3.15. The van der Waals surface area contributed by atoms with Crippen LogP contribution in [0, 0.1) is 31.0 Å². The fourth-order valence-corrected chi connectivity index (χ4v) is 2.12. The second kappa shape index (κ2) is 5.66. The molecule has 0 aliphatic rings. The van der Waals surface area contributed by atoms with Gasteiger partial charge in [-0.2, -0.15) is 5.26 Å². The van der Waals surface area contributed by atoms with E-state index in [0.29, 0.717) is 5.56 Å². The molecule has 0 saturated carbocycles. The first-order chi connectivity index (χ1) is 9.52. The van der Waals surface area contributed by atoms with E-state index in [4.69, 9.17) is 0 Å². The van der Waals surface area contributed by atoms with Crippen molar-refractivity contribution < 1.29 is 9.18 Å². The van der Waals surface area contributed by atoms with Gasteiger partial charge in [-0.15, -0.1) is 0 Å². The summed E-state index contributed by atoms with van der Waals surface area (Å²) in [4.78, 5) is 12.4. The Labute approximate surface area is 117 Å². The Morgan fingerprint density at radius 1 is 1.15 bits per heavy atom. The number of ketones is 1. The van der Waals surface area contributed by atoms with Gasteiger partial charge in [0.05, 0.1) is 11.6 Å². The third-order valence-electron chi connectivity index (χ3n) is 3.15. The number of carbonyl (C=O) groups is 1. The minimum absolute atomic E-state index is 0.0296. The molecular formula is C17H14FNO. The number of nitrogens with zero attached hydrogens (tertiary/aromatic N) is 1. The van der Waals surface area contributed by atoms with E-state index in [-0.39, 0.29) is 5.56 Å². The predicted octanol–water partition coefficient (Wildman–Crippen LogP) is 3.93. The topological polar surface area (TPSA) is 40.9 Å². The number of hydrogen-bond acceptors (Lipinski definition) is 2. The Morgan fingerprint density at radius 3 is 2.50 bits per heavy atom. The van der Waals surface area contributed by atoms with E-state index in [2.05, 4.69) is 0 Å². The highest BCUT2D eigenvalue weighted by atomic mass is 19.1. The number of halogens is 1. The molecule has 0 fully saturated rings. The van der Waals surface area contributed by atoms with Crippen molar-refractivity contribution in [1.29, 1.82) is 5.26 Å². The summed E-state index contributed by atoms with van der Waals surface area (Å²) in [5.41, 5.74) is 2.31. The van der Waals surface area contributed by atoms with E-state index in [1.54, 1.807) is 31.2 Å². The minimum atomic E-state index is -0.980. The van der Waals surface area contributed by atoms with Crippen molar-refractivity contribution in [3.63, 3.8) is 0 Å². The summed E-state index contributed by atoms with van der Waals surface area (Å²) in [7, 11) is 0. The first-order valence-electron chi connectivity index (χ1n) is 6.29. The Morgan fingerprint density at radius 2 is 1.85 bits per heavy atom. The second-order valence-corrected chi connectivity index (χ2v) is 4.82. The van der Waals surface area contributed by atoms with E-state index in [1.807, 2.05) is 19.1 Å². The average Bonchev–Trinajstić information content (AvgIpc) is 2.42. The summed E-state index contributed by atoms with van der Waals surface area (Å²) < 4.78 is 13.8. The molecular weight excluding hydrogens is 253 g/mol. The van der Waals surface area contributed by atoms with Gasteiger partial charge in [0.2, 0.25) is 0 Å². The fraction of sp³-hybridized carbons (Fsp3) is 0.176. The SMILES string of the molecule is Cc1cccc(C(C#N)C(=O)c2cc(C)ccc2F)c1. The van der Waals surface area contributed by atoms with Crippen LogP contribution >= 0.6 is 0 Å². The highest BCUT2D eigenvalue weighted by Gasteiger charge is 2.24.